The topological polar surface area (TPSA) is 76.5 Å². The number of aromatic nitrogens is 2. The van der Waals surface area contributed by atoms with Crippen molar-refractivity contribution in [1.29, 1.82) is 0 Å². The molecule has 2 aliphatic heterocycles. The SMILES string of the molecule is CN1CC[C@@]2(CCC1=O)C[C@H](NC(=O)Cn1ccnc1)c1ccccc1O2. The fourth-order valence-electron chi connectivity index (χ4n) is 3.99. The molecule has 0 bridgehead atoms. The second-order valence-electron chi connectivity index (χ2n) is 7.45. The number of carbonyl (C=O) groups is 2. The minimum absolute atomic E-state index is 0.0633. The molecule has 1 saturated heterocycles. The molecule has 0 aliphatic carbocycles. The summed E-state index contributed by atoms with van der Waals surface area (Å²) in [6, 6.07) is 7.71. The summed E-state index contributed by atoms with van der Waals surface area (Å²) in [5.41, 5.74) is 0.563. The van der Waals surface area contributed by atoms with Gasteiger partial charge in [-0.25, -0.2) is 4.98 Å². The van der Waals surface area contributed by atoms with Crippen molar-refractivity contribution in [2.45, 2.75) is 43.9 Å². The lowest BCUT2D eigenvalue weighted by Crippen LogP contribution is -2.46. The van der Waals surface area contributed by atoms with Crippen molar-refractivity contribution in [2.75, 3.05) is 13.6 Å². The molecule has 7 heteroatoms. The van der Waals surface area contributed by atoms with Crippen molar-refractivity contribution >= 4 is 11.8 Å². The number of para-hydroxylation sites is 1. The fraction of sp³-hybridized carbons (Fsp3) is 0.450. The van der Waals surface area contributed by atoms with E-state index in [0.717, 1.165) is 17.7 Å². The number of hydrogen-bond acceptors (Lipinski definition) is 4. The third kappa shape index (κ3) is 3.67. The van der Waals surface area contributed by atoms with Gasteiger partial charge < -0.3 is 19.5 Å². The molecule has 1 aromatic heterocycles. The average molecular weight is 368 g/mol. The molecule has 0 saturated carbocycles. The molecule has 142 valence electrons. The Balaban J connectivity index is 1.56. The number of likely N-dealkylation sites (tertiary alicyclic amines) is 1. The van der Waals surface area contributed by atoms with Crippen LogP contribution in [0.3, 0.4) is 0 Å². The van der Waals surface area contributed by atoms with Gasteiger partial charge in [-0.15, -0.1) is 0 Å². The number of carbonyl (C=O) groups excluding carboxylic acids is 2. The van der Waals surface area contributed by atoms with E-state index in [0.29, 0.717) is 25.8 Å². The van der Waals surface area contributed by atoms with Crippen LogP contribution >= 0.6 is 0 Å². The standard InChI is InChI=1S/C20H24N4O3/c1-23-10-8-20(7-6-19(23)26)12-16(15-4-2-3-5-17(15)27-20)22-18(25)13-24-11-9-21-14-24/h2-5,9,11,14,16H,6-8,10,12-13H2,1H3,(H,22,25)/t16-,20-/m0/s1. The van der Waals surface area contributed by atoms with Crippen LogP contribution in [0.5, 0.6) is 5.75 Å². The summed E-state index contributed by atoms with van der Waals surface area (Å²) in [4.78, 5) is 30.4. The molecule has 1 aromatic carbocycles. The first-order valence-corrected chi connectivity index (χ1v) is 9.32. The van der Waals surface area contributed by atoms with E-state index in [-0.39, 0.29) is 24.4 Å². The zero-order valence-electron chi connectivity index (χ0n) is 15.4. The Morgan fingerprint density at radius 3 is 3.04 bits per heavy atom. The van der Waals surface area contributed by atoms with Crippen molar-refractivity contribution < 1.29 is 14.3 Å². The first kappa shape index (κ1) is 17.6. The molecule has 2 aromatic rings. The van der Waals surface area contributed by atoms with Gasteiger partial charge in [-0.05, 0) is 12.5 Å². The number of rotatable bonds is 3. The maximum atomic E-state index is 12.6. The van der Waals surface area contributed by atoms with E-state index in [1.54, 1.807) is 28.2 Å². The van der Waals surface area contributed by atoms with Crippen LogP contribution < -0.4 is 10.1 Å². The Morgan fingerprint density at radius 1 is 1.37 bits per heavy atom. The van der Waals surface area contributed by atoms with Gasteiger partial charge in [-0.2, -0.15) is 0 Å². The van der Waals surface area contributed by atoms with Crippen LogP contribution in [-0.4, -0.2) is 45.5 Å². The lowest BCUT2D eigenvalue weighted by molar-refractivity contribution is -0.129. The lowest BCUT2D eigenvalue weighted by atomic mass is 9.82. The van der Waals surface area contributed by atoms with E-state index in [4.69, 9.17) is 4.74 Å². The highest BCUT2D eigenvalue weighted by atomic mass is 16.5. The summed E-state index contributed by atoms with van der Waals surface area (Å²) >= 11 is 0. The molecular weight excluding hydrogens is 344 g/mol. The van der Waals surface area contributed by atoms with E-state index in [1.807, 2.05) is 31.3 Å². The van der Waals surface area contributed by atoms with Crippen LogP contribution in [0.25, 0.3) is 0 Å². The molecule has 7 nitrogen and oxygen atoms in total. The highest BCUT2D eigenvalue weighted by molar-refractivity contribution is 5.77. The second-order valence-corrected chi connectivity index (χ2v) is 7.45. The molecule has 27 heavy (non-hydrogen) atoms. The molecule has 4 rings (SSSR count). The molecule has 1 spiro atoms. The Labute approximate surface area is 158 Å². The number of nitrogens with one attached hydrogen (secondary N) is 1. The number of hydrogen-bond donors (Lipinski definition) is 1. The number of ether oxygens (including phenoxy) is 1. The zero-order chi connectivity index (χ0) is 18.9. The molecule has 0 radical (unpaired) electrons. The zero-order valence-corrected chi connectivity index (χ0v) is 15.4. The Hall–Kier alpha value is -2.83. The van der Waals surface area contributed by atoms with Crippen LogP contribution in [0.4, 0.5) is 0 Å². The molecule has 2 atom stereocenters. The quantitative estimate of drug-likeness (QED) is 0.898. The Morgan fingerprint density at radius 2 is 2.22 bits per heavy atom. The van der Waals surface area contributed by atoms with E-state index in [2.05, 4.69) is 10.3 Å². The van der Waals surface area contributed by atoms with Crippen molar-refractivity contribution in [3.05, 3.63) is 48.5 Å². The van der Waals surface area contributed by atoms with Gasteiger partial charge in [0.05, 0.1) is 12.4 Å². The molecule has 0 unspecified atom stereocenters. The molecule has 2 amide bonds. The summed E-state index contributed by atoms with van der Waals surface area (Å²) < 4.78 is 8.15. The smallest absolute Gasteiger partial charge is 0.240 e. The fourth-order valence-corrected chi connectivity index (χ4v) is 3.99. The first-order valence-electron chi connectivity index (χ1n) is 9.32. The van der Waals surface area contributed by atoms with Gasteiger partial charge in [0.15, 0.2) is 0 Å². The van der Waals surface area contributed by atoms with Gasteiger partial charge in [0, 0.05) is 50.8 Å². The molecular formula is C20H24N4O3. The maximum absolute atomic E-state index is 12.6. The van der Waals surface area contributed by atoms with Gasteiger partial charge in [-0.3, -0.25) is 9.59 Å². The van der Waals surface area contributed by atoms with Crippen molar-refractivity contribution in [3.8, 4) is 5.75 Å². The monoisotopic (exact) mass is 368 g/mol. The van der Waals surface area contributed by atoms with Crippen LogP contribution in [-0.2, 0) is 16.1 Å². The Bertz CT molecular complexity index is 836. The van der Waals surface area contributed by atoms with Gasteiger partial charge in [-0.1, -0.05) is 18.2 Å². The predicted octanol–water partition coefficient (Wildman–Crippen LogP) is 1.90. The highest BCUT2D eigenvalue weighted by Gasteiger charge is 2.43. The Kier molecular flexibility index (Phi) is 4.59. The summed E-state index contributed by atoms with van der Waals surface area (Å²) in [6.07, 6.45) is 7.62. The first-order chi connectivity index (χ1) is 13.0. The third-order valence-corrected chi connectivity index (χ3v) is 5.54. The maximum Gasteiger partial charge on any atom is 0.240 e. The second kappa shape index (κ2) is 7.06. The summed E-state index contributed by atoms with van der Waals surface area (Å²) in [5, 5.41) is 3.16. The summed E-state index contributed by atoms with van der Waals surface area (Å²) in [5.74, 6) is 0.885. The van der Waals surface area contributed by atoms with Crippen LogP contribution in [0.15, 0.2) is 43.0 Å². The average Bonchev–Trinajstić information content (AvgIpc) is 3.12. The van der Waals surface area contributed by atoms with E-state index < -0.39 is 5.60 Å². The van der Waals surface area contributed by atoms with Crippen molar-refractivity contribution in [3.63, 3.8) is 0 Å². The number of nitrogens with zero attached hydrogens (tertiary/aromatic N) is 3. The number of benzene rings is 1. The molecule has 3 heterocycles. The molecule has 2 aliphatic rings. The van der Waals surface area contributed by atoms with E-state index in [9.17, 15) is 9.59 Å². The van der Waals surface area contributed by atoms with Crippen LogP contribution in [0, 0.1) is 0 Å². The minimum Gasteiger partial charge on any atom is -0.487 e. The van der Waals surface area contributed by atoms with E-state index in [1.165, 1.54) is 0 Å². The van der Waals surface area contributed by atoms with E-state index >= 15 is 0 Å². The van der Waals surface area contributed by atoms with Gasteiger partial charge in [0.25, 0.3) is 0 Å². The normalized spacial score (nSPS) is 24.9. The van der Waals surface area contributed by atoms with Gasteiger partial charge >= 0.3 is 0 Å². The number of fused-ring (bicyclic) bond motifs is 1. The number of imidazole rings is 1. The van der Waals surface area contributed by atoms with Gasteiger partial charge in [0.1, 0.15) is 17.9 Å². The predicted molar refractivity (Wildman–Crippen MR) is 99.0 cm³/mol. The largest absolute Gasteiger partial charge is 0.487 e. The lowest BCUT2D eigenvalue weighted by Gasteiger charge is -2.42. The molecule has 1 fully saturated rings. The van der Waals surface area contributed by atoms with Crippen molar-refractivity contribution in [1.82, 2.24) is 19.8 Å². The van der Waals surface area contributed by atoms with Crippen LogP contribution in [0.2, 0.25) is 0 Å². The van der Waals surface area contributed by atoms with Crippen molar-refractivity contribution in [2.24, 2.45) is 0 Å². The molecule has 1 N–H and O–H groups in total. The summed E-state index contributed by atoms with van der Waals surface area (Å²) in [7, 11) is 1.84. The number of amides is 2. The third-order valence-electron chi connectivity index (χ3n) is 5.54. The van der Waals surface area contributed by atoms with Crippen LogP contribution in [0.1, 0.15) is 37.3 Å². The minimum atomic E-state index is -0.429. The summed E-state index contributed by atoms with van der Waals surface area (Å²) in [6.45, 7) is 0.893. The van der Waals surface area contributed by atoms with Gasteiger partial charge in [0.2, 0.25) is 11.8 Å². The highest BCUT2D eigenvalue weighted by Crippen LogP contribution is 2.44.